The number of rotatable bonds is 6. The van der Waals surface area contributed by atoms with Crippen LogP contribution in [0.5, 0.6) is 0 Å². The molecule has 1 saturated heterocycles. The van der Waals surface area contributed by atoms with E-state index in [1.54, 1.807) is 13.0 Å². The van der Waals surface area contributed by atoms with Gasteiger partial charge in [-0.1, -0.05) is 6.92 Å². The molecule has 0 spiro atoms. The Labute approximate surface area is 155 Å². The average molecular weight is 366 g/mol. The minimum Gasteiger partial charge on any atom is -0.371 e. The highest BCUT2D eigenvalue weighted by Crippen LogP contribution is 2.27. The first kappa shape index (κ1) is 19.6. The molecule has 0 radical (unpaired) electrons. The van der Waals surface area contributed by atoms with E-state index in [0.29, 0.717) is 11.3 Å². The van der Waals surface area contributed by atoms with Crippen molar-refractivity contribution in [1.29, 1.82) is 0 Å². The summed E-state index contributed by atoms with van der Waals surface area (Å²) in [5.41, 5.74) is 2.12. The van der Waals surface area contributed by atoms with E-state index >= 15 is 0 Å². The molecule has 2 amide bonds. The number of hydrogen-bond acceptors (Lipinski definition) is 3. The molecule has 1 aromatic rings. The molecule has 25 heavy (non-hydrogen) atoms. The van der Waals surface area contributed by atoms with Gasteiger partial charge in [0.15, 0.2) is 0 Å². The van der Waals surface area contributed by atoms with E-state index in [2.05, 4.69) is 15.5 Å². The smallest absolute Gasteiger partial charge is 0.253 e. The summed E-state index contributed by atoms with van der Waals surface area (Å²) in [7, 11) is 0. The lowest BCUT2D eigenvalue weighted by molar-refractivity contribution is -0.115. The van der Waals surface area contributed by atoms with Gasteiger partial charge in [0.05, 0.1) is 5.56 Å². The van der Waals surface area contributed by atoms with Crippen molar-refractivity contribution in [3.63, 3.8) is 0 Å². The third kappa shape index (κ3) is 5.36. The molecule has 5 nitrogen and oxygen atoms in total. The van der Waals surface area contributed by atoms with Crippen molar-refractivity contribution < 1.29 is 9.59 Å². The number of hydrogen-bond donors (Lipinski definition) is 2. The van der Waals surface area contributed by atoms with Gasteiger partial charge in [-0.15, -0.1) is 11.6 Å². The molecular formula is C19H28ClN3O2. The summed E-state index contributed by atoms with van der Waals surface area (Å²) in [4.78, 5) is 26.9. The van der Waals surface area contributed by atoms with Crippen LogP contribution in [0.25, 0.3) is 0 Å². The minimum absolute atomic E-state index is 0.0998. The Morgan fingerprint density at radius 3 is 2.48 bits per heavy atom. The number of halogens is 1. The summed E-state index contributed by atoms with van der Waals surface area (Å²) in [6.07, 6.45) is 4.36. The van der Waals surface area contributed by atoms with E-state index < -0.39 is 5.38 Å². The molecule has 0 bridgehead atoms. The molecule has 1 aromatic carbocycles. The van der Waals surface area contributed by atoms with Crippen LogP contribution in [0.2, 0.25) is 0 Å². The zero-order valence-electron chi connectivity index (χ0n) is 15.3. The lowest BCUT2D eigenvalue weighted by Gasteiger charge is -2.31. The summed E-state index contributed by atoms with van der Waals surface area (Å²) in [6.45, 7) is 7.55. The summed E-state index contributed by atoms with van der Waals surface area (Å²) < 4.78 is 0. The van der Waals surface area contributed by atoms with E-state index in [4.69, 9.17) is 11.6 Å². The minimum atomic E-state index is -0.626. The summed E-state index contributed by atoms with van der Waals surface area (Å²) >= 11 is 5.82. The van der Waals surface area contributed by atoms with Gasteiger partial charge in [-0.05, 0) is 57.7 Å². The van der Waals surface area contributed by atoms with Crippen molar-refractivity contribution in [2.45, 2.75) is 57.9 Å². The molecule has 6 heteroatoms. The Morgan fingerprint density at radius 2 is 1.88 bits per heavy atom. The fourth-order valence-electron chi connectivity index (χ4n) is 2.85. The van der Waals surface area contributed by atoms with Gasteiger partial charge in [-0.3, -0.25) is 9.59 Å². The number of nitrogens with one attached hydrogen (secondary N) is 2. The number of alkyl halides is 1. The number of anilines is 2. The van der Waals surface area contributed by atoms with Crippen LogP contribution >= 0.6 is 11.6 Å². The predicted molar refractivity (Wildman–Crippen MR) is 104 cm³/mol. The van der Waals surface area contributed by atoms with Gasteiger partial charge in [0.2, 0.25) is 5.91 Å². The molecule has 0 saturated carbocycles. The number of carbonyl (C=O) groups is 2. The van der Waals surface area contributed by atoms with E-state index in [-0.39, 0.29) is 17.9 Å². The molecule has 0 aromatic heterocycles. The van der Waals surface area contributed by atoms with Crippen LogP contribution in [0.15, 0.2) is 18.2 Å². The van der Waals surface area contributed by atoms with Gasteiger partial charge >= 0.3 is 0 Å². The third-order valence-electron chi connectivity index (χ3n) is 4.56. The lowest BCUT2D eigenvalue weighted by Crippen LogP contribution is -2.35. The standard InChI is InChI=1S/C19H28ClN3O2/c1-4-13(2)21-19(25)16-12-15(22-18(24)14(3)20)8-9-17(16)23-10-6-5-7-11-23/h8-9,12-14H,4-7,10-11H2,1-3H3,(H,21,25)(H,22,24)/t13-,14+/m0/s1. The molecule has 138 valence electrons. The zero-order chi connectivity index (χ0) is 18.4. The van der Waals surface area contributed by atoms with Crippen LogP contribution in [-0.2, 0) is 4.79 Å². The van der Waals surface area contributed by atoms with Gasteiger partial charge in [0.1, 0.15) is 5.38 Å². The van der Waals surface area contributed by atoms with Crippen molar-refractivity contribution in [3.05, 3.63) is 23.8 Å². The topological polar surface area (TPSA) is 61.4 Å². The van der Waals surface area contributed by atoms with Crippen molar-refractivity contribution >= 4 is 34.8 Å². The molecule has 1 fully saturated rings. The second kappa shape index (κ2) is 9.09. The first-order chi connectivity index (χ1) is 11.9. The largest absolute Gasteiger partial charge is 0.371 e. The molecule has 0 unspecified atom stereocenters. The maximum Gasteiger partial charge on any atom is 0.253 e. The summed E-state index contributed by atoms with van der Waals surface area (Å²) in [6, 6.07) is 5.61. The highest BCUT2D eigenvalue weighted by atomic mass is 35.5. The van der Waals surface area contributed by atoms with E-state index in [0.717, 1.165) is 38.0 Å². The molecule has 1 aliphatic heterocycles. The predicted octanol–water partition coefficient (Wildman–Crippen LogP) is 3.77. The van der Waals surface area contributed by atoms with Gasteiger partial charge in [0.25, 0.3) is 5.91 Å². The van der Waals surface area contributed by atoms with Crippen molar-refractivity contribution in [3.8, 4) is 0 Å². The Morgan fingerprint density at radius 1 is 1.20 bits per heavy atom. The van der Waals surface area contributed by atoms with E-state index in [9.17, 15) is 9.59 Å². The van der Waals surface area contributed by atoms with Crippen LogP contribution in [0.3, 0.4) is 0 Å². The summed E-state index contributed by atoms with van der Waals surface area (Å²) in [5.74, 6) is -0.384. The first-order valence-electron chi connectivity index (χ1n) is 9.07. The number of carbonyl (C=O) groups excluding carboxylic acids is 2. The normalized spacial score (nSPS) is 16.9. The quantitative estimate of drug-likeness (QED) is 0.754. The van der Waals surface area contributed by atoms with Gasteiger partial charge in [-0.2, -0.15) is 0 Å². The lowest BCUT2D eigenvalue weighted by atomic mass is 10.1. The monoisotopic (exact) mass is 365 g/mol. The molecule has 0 aliphatic carbocycles. The number of nitrogens with zero attached hydrogens (tertiary/aromatic N) is 1. The van der Waals surface area contributed by atoms with Crippen molar-refractivity contribution in [2.75, 3.05) is 23.3 Å². The van der Waals surface area contributed by atoms with Gasteiger partial charge in [-0.25, -0.2) is 0 Å². The zero-order valence-corrected chi connectivity index (χ0v) is 16.0. The van der Waals surface area contributed by atoms with Crippen molar-refractivity contribution in [1.82, 2.24) is 5.32 Å². The second-order valence-corrected chi connectivity index (χ2v) is 7.32. The molecule has 2 N–H and O–H groups in total. The van der Waals surface area contributed by atoms with E-state index in [1.807, 2.05) is 26.0 Å². The third-order valence-corrected chi connectivity index (χ3v) is 4.75. The van der Waals surface area contributed by atoms with Crippen LogP contribution in [0.4, 0.5) is 11.4 Å². The van der Waals surface area contributed by atoms with Crippen LogP contribution in [-0.4, -0.2) is 36.3 Å². The molecule has 1 aliphatic rings. The van der Waals surface area contributed by atoms with E-state index in [1.165, 1.54) is 6.42 Å². The molecule has 2 rings (SSSR count). The first-order valence-corrected chi connectivity index (χ1v) is 9.50. The maximum atomic E-state index is 12.8. The Kier molecular flexibility index (Phi) is 7.12. The Bertz CT molecular complexity index is 613. The summed E-state index contributed by atoms with van der Waals surface area (Å²) in [5, 5.41) is 5.16. The van der Waals surface area contributed by atoms with Gasteiger partial charge in [0, 0.05) is 30.5 Å². The number of benzene rings is 1. The molecule has 2 atom stereocenters. The number of piperidine rings is 1. The van der Waals surface area contributed by atoms with Crippen LogP contribution in [0, 0.1) is 0 Å². The maximum absolute atomic E-state index is 12.8. The van der Waals surface area contributed by atoms with Crippen LogP contribution in [0.1, 0.15) is 56.8 Å². The molecular weight excluding hydrogens is 338 g/mol. The SMILES string of the molecule is CC[C@H](C)NC(=O)c1cc(NC(=O)[C@@H](C)Cl)ccc1N1CCCCC1. The molecule has 1 heterocycles. The number of amides is 2. The van der Waals surface area contributed by atoms with Gasteiger partial charge < -0.3 is 15.5 Å². The second-order valence-electron chi connectivity index (χ2n) is 6.67. The Balaban J connectivity index is 2.30. The fraction of sp³-hybridized carbons (Fsp3) is 0.579. The van der Waals surface area contributed by atoms with Crippen LogP contribution < -0.4 is 15.5 Å². The fourth-order valence-corrected chi connectivity index (χ4v) is 2.91. The average Bonchev–Trinajstić information content (AvgIpc) is 2.62. The van der Waals surface area contributed by atoms with Crippen molar-refractivity contribution in [2.24, 2.45) is 0 Å². The Hall–Kier alpha value is -1.75. The highest BCUT2D eigenvalue weighted by molar-refractivity contribution is 6.32. The highest BCUT2D eigenvalue weighted by Gasteiger charge is 2.21.